The number of aryl methyl sites for hydroxylation is 2. The van der Waals surface area contributed by atoms with Crippen molar-refractivity contribution in [2.45, 2.75) is 0 Å². The highest BCUT2D eigenvalue weighted by Gasteiger charge is 2.11. The number of fused-ring (bicyclic) bond motifs is 1. The van der Waals surface area contributed by atoms with Crippen molar-refractivity contribution in [2.24, 2.45) is 21.1 Å². The van der Waals surface area contributed by atoms with Crippen LogP contribution in [-0.4, -0.2) is 18.7 Å². The SMILES string of the molecule is [2H]C([2H])([2H])n1c(=O)c2c(ncn2C)n(C)c1=O. The molecule has 0 aliphatic rings. The van der Waals surface area contributed by atoms with E-state index < -0.39 is 18.2 Å². The fourth-order valence-electron chi connectivity index (χ4n) is 1.34. The van der Waals surface area contributed by atoms with Crippen LogP contribution in [0.4, 0.5) is 0 Å². The Labute approximate surface area is 83.2 Å². The van der Waals surface area contributed by atoms with E-state index in [2.05, 4.69) is 4.98 Å². The first-order valence-corrected chi connectivity index (χ1v) is 3.88. The first-order valence-electron chi connectivity index (χ1n) is 5.38. The molecule has 0 atom stereocenters. The normalized spacial score (nSPS) is 15.1. The van der Waals surface area contributed by atoms with Gasteiger partial charge in [0.05, 0.1) is 6.33 Å². The summed E-state index contributed by atoms with van der Waals surface area (Å²) in [7, 11) is 2.93. The zero-order valence-corrected chi connectivity index (χ0v) is 7.68. The third-order valence-corrected chi connectivity index (χ3v) is 2.12. The molecule has 0 unspecified atom stereocenters. The van der Waals surface area contributed by atoms with Gasteiger partial charge in [0.25, 0.3) is 5.56 Å². The summed E-state index contributed by atoms with van der Waals surface area (Å²) in [6.45, 7) is -2.80. The molecule has 0 spiro atoms. The van der Waals surface area contributed by atoms with E-state index >= 15 is 0 Å². The summed E-state index contributed by atoms with van der Waals surface area (Å²) in [5, 5.41) is 0. The first-order chi connectivity index (χ1) is 7.75. The van der Waals surface area contributed by atoms with Gasteiger partial charge >= 0.3 is 5.69 Å². The smallest absolute Gasteiger partial charge is 0.328 e. The van der Waals surface area contributed by atoms with Crippen LogP contribution in [0.2, 0.25) is 0 Å². The lowest BCUT2D eigenvalue weighted by Gasteiger charge is -2.02. The molecule has 2 rings (SSSR count). The molecule has 0 N–H and O–H groups in total. The van der Waals surface area contributed by atoms with Crippen LogP contribution in [0, 0.1) is 0 Å². The summed E-state index contributed by atoms with van der Waals surface area (Å²) in [5.41, 5.74) is -1.50. The number of aromatic nitrogens is 4. The molecule has 0 bridgehead atoms. The van der Waals surface area contributed by atoms with Crippen LogP contribution >= 0.6 is 0 Å². The van der Waals surface area contributed by atoms with Gasteiger partial charge in [-0.05, 0) is 0 Å². The summed E-state index contributed by atoms with van der Waals surface area (Å²) in [6, 6.07) is 0. The molecule has 2 aromatic rings. The molecule has 0 aliphatic carbocycles. The summed E-state index contributed by atoms with van der Waals surface area (Å²) >= 11 is 0. The van der Waals surface area contributed by atoms with E-state index in [-0.39, 0.29) is 15.7 Å². The van der Waals surface area contributed by atoms with Crippen molar-refractivity contribution in [1.82, 2.24) is 18.7 Å². The average Bonchev–Trinajstić information content (AvgIpc) is 2.55. The van der Waals surface area contributed by atoms with E-state index in [0.717, 1.165) is 4.57 Å². The lowest BCUT2D eigenvalue weighted by atomic mass is 10.5. The zero-order chi connectivity index (χ0) is 13.0. The van der Waals surface area contributed by atoms with Crippen molar-refractivity contribution in [1.29, 1.82) is 0 Å². The van der Waals surface area contributed by atoms with Gasteiger partial charge in [-0.1, -0.05) is 0 Å². The summed E-state index contributed by atoms with van der Waals surface area (Å²) < 4.78 is 24.3. The largest absolute Gasteiger partial charge is 0.332 e. The minimum atomic E-state index is -2.80. The van der Waals surface area contributed by atoms with Gasteiger partial charge in [-0.3, -0.25) is 13.9 Å². The number of nitrogens with zero attached hydrogens (tertiary/aromatic N) is 4. The second-order valence-corrected chi connectivity index (χ2v) is 3.01. The summed E-state index contributed by atoms with van der Waals surface area (Å²) in [4.78, 5) is 27.6. The standard InChI is InChI=1S/C8H10N4O2/c1-10-4-9-6-5(10)7(13)12(3)8(14)11(6)2/h4H,1-3H3/i3D3. The van der Waals surface area contributed by atoms with Crippen LogP contribution in [0.5, 0.6) is 0 Å². The minimum Gasteiger partial charge on any atom is -0.328 e. The lowest BCUT2D eigenvalue weighted by molar-refractivity contribution is 0.705. The van der Waals surface area contributed by atoms with Gasteiger partial charge in [-0.2, -0.15) is 0 Å². The zero-order valence-electron chi connectivity index (χ0n) is 10.7. The fourth-order valence-corrected chi connectivity index (χ4v) is 1.34. The second-order valence-electron chi connectivity index (χ2n) is 3.01. The Morgan fingerprint density at radius 3 is 2.71 bits per heavy atom. The summed E-state index contributed by atoms with van der Waals surface area (Å²) in [6.07, 6.45) is 1.36. The quantitative estimate of drug-likeness (QED) is 0.542. The third-order valence-electron chi connectivity index (χ3n) is 2.12. The predicted molar refractivity (Wildman–Crippen MR) is 51.2 cm³/mol. The molecule has 0 radical (unpaired) electrons. The van der Waals surface area contributed by atoms with E-state index in [1.54, 1.807) is 7.05 Å². The van der Waals surface area contributed by atoms with E-state index in [0.29, 0.717) is 0 Å². The molecular weight excluding hydrogens is 184 g/mol. The Balaban J connectivity index is 3.12. The molecule has 0 fully saturated rings. The molecule has 0 amide bonds. The lowest BCUT2D eigenvalue weighted by Crippen LogP contribution is -2.37. The topological polar surface area (TPSA) is 61.8 Å². The van der Waals surface area contributed by atoms with Gasteiger partial charge in [0, 0.05) is 25.2 Å². The van der Waals surface area contributed by atoms with Crippen molar-refractivity contribution in [3.8, 4) is 0 Å². The molecule has 2 aromatic heterocycles. The molecule has 0 saturated carbocycles. The van der Waals surface area contributed by atoms with Gasteiger partial charge in [0.15, 0.2) is 11.2 Å². The Morgan fingerprint density at radius 1 is 1.36 bits per heavy atom. The molecule has 6 nitrogen and oxygen atoms in total. The van der Waals surface area contributed by atoms with E-state index in [1.807, 2.05) is 0 Å². The number of rotatable bonds is 0. The van der Waals surface area contributed by atoms with Crippen molar-refractivity contribution >= 4 is 11.2 Å². The molecule has 0 aromatic carbocycles. The molecule has 14 heavy (non-hydrogen) atoms. The highest BCUT2D eigenvalue weighted by atomic mass is 16.2. The second kappa shape index (κ2) is 2.57. The number of hydrogen-bond acceptors (Lipinski definition) is 3. The van der Waals surface area contributed by atoms with E-state index in [1.165, 1.54) is 17.9 Å². The van der Waals surface area contributed by atoms with Crippen LogP contribution in [0.1, 0.15) is 4.11 Å². The Bertz CT molecular complexity index is 706. The summed E-state index contributed by atoms with van der Waals surface area (Å²) in [5.74, 6) is 0. The molecular formula is C8H10N4O2. The van der Waals surface area contributed by atoms with Gasteiger partial charge < -0.3 is 4.57 Å². The van der Waals surface area contributed by atoms with Crippen LogP contribution < -0.4 is 11.2 Å². The Morgan fingerprint density at radius 2 is 2.07 bits per heavy atom. The first kappa shape index (κ1) is 5.79. The van der Waals surface area contributed by atoms with Crippen LogP contribution in [-0.2, 0) is 21.1 Å². The Hall–Kier alpha value is -1.85. The molecule has 0 saturated heterocycles. The molecule has 2 heterocycles. The van der Waals surface area contributed by atoms with Crippen molar-refractivity contribution < 1.29 is 4.11 Å². The number of hydrogen-bond donors (Lipinski definition) is 0. The average molecular weight is 197 g/mol. The van der Waals surface area contributed by atoms with Crippen molar-refractivity contribution in [2.75, 3.05) is 0 Å². The fraction of sp³-hybridized carbons (Fsp3) is 0.375. The van der Waals surface area contributed by atoms with Crippen molar-refractivity contribution in [3.05, 3.63) is 27.2 Å². The van der Waals surface area contributed by atoms with Gasteiger partial charge in [0.2, 0.25) is 0 Å². The van der Waals surface area contributed by atoms with E-state index in [9.17, 15) is 9.59 Å². The third kappa shape index (κ3) is 0.876. The monoisotopic (exact) mass is 197 g/mol. The maximum absolute atomic E-state index is 12.0. The minimum absolute atomic E-state index is 0.0863. The van der Waals surface area contributed by atoms with Crippen LogP contribution in [0.25, 0.3) is 11.2 Å². The van der Waals surface area contributed by atoms with Crippen molar-refractivity contribution in [3.63, 3.8) is 0 Å². The molecule has 0 aliphatic heterocycles. The van der Waals surface area contributed by atoms with Gasteiger partial charge in [0.1, 0.15) is 0 Å². The predicted octanol–water partition coefficient (Wildman–Crippen LogP) is -1.03. The maximum atomic E-state index is 12.0. The maximum Gasteiger partial charge on any atom is 0.332 e. The van der Waals surface area contributed by atoms with Gasteiger partial charge in [-0.25, -0.2) is 9.78 Å². The van der Waals surface area contributed by atoms with Crippen LogP contribution in [0.3, 0.4) is 0 Å². The van der Waals surface area contributed by atoms with Gasteiger partial charge in [-0.15, -0.1) is 0 Å². The highest BCUT2D eigenvalue weighted by Crippen LogP contribution is 2.01. The Kier molecular flexibility index (Phi) is 1.06. The molecule has 74 valence electrons. The van der Waals surface area contributed by atoms with Crippen LogP contribution in [0.15, 0.2) is 15.9 Å². The molecule has 6 heteroatoms. The highest BCUT2D eigenvalue weighted by molar-refractivity contribution is 5.69. The van der Waals surface area contributed by atoms with E-state index in [4.69, 9.17) is 4.11 Å². The number of imidazole rings is 1.